The highest BCUT2D eigenvalue weighted by Crippen LogP contribution is 2.36. The molecule has 3 fully saturated rings. The van der Waals surface area contributed by atoms with Gasteiger partial charge in [-0.25, -0.2) is 13.2 Å². The number of nitrogens with zero attached hydrogens (tertiary/aromatic N) is 2. The quantitative estimate of drug-likeness (QED) is 0.223. The van der Waals surface area contributed by atoms with Crippen molar-refractivity contribution in [3.63, 3.8) is 0 Å². The summed E-state index contributed by atoms with van der Waals surface area (Å²) >= 11 is 0. The zero-order valence-corrected chi connectivity index (χ0v) is 32.2. The Morgan fingerprint density at radius 1 is 0.904 bits per heavy atom. The van der Waals surface area contributed by atoms with E-state index < -0.39 is 69.1 Å². The first kappa shape index (κ1) is 39.7. The minimum absolute atomic E-state index is 0.0269. The lowest BCUT2D eigenvalue weighted by Crippen LogP contribution is -2.62. The number of hydrogen-bond acceptors (Lipinski definition) is 7. The van der Waals surface area contributed by atoms with Crippen molar-refractivity contribution in [2.75, 3.05) is 13.1 Å². The molecule has 4 aliphatic rings. The number of benzene rings is 1. The van der Waals surface area contributed by atoms with Gasteiger partial charge in [0.05, 0.1) is 10.9 Å². The van der Waals surface area contributed by atoms with Gasteiger partial charge in [-0.3, -0.25) is 19.2 Å². The second-order valence-corrected chi connectivity index (χ2v) is 18.7. The smallest absolute Gasteiger partial charge is 0.315 e. The molecule has 0 aromatic heterocycles. The summed E-state index contributed by atoms with van der Waals surface area (Å²) in [6.07, 6.45) is 8.49. The molecular weight excluding hydrogens is 685 g/mol. The largest absolute Gasteiger partial charge is 0.363 e. The number of nitrogens with one attached hydrogen (secondary N) is 3. The van der Waals surface area contributed by atoms with Crippen molar-refractivity contribution in [3.8, 4) is 0 Å². The third-order valence-corrected chi connectivity index (χ3v) is 13.7. The van der Waals surface area contributed by atoms with E-state index in [1.54, 1.807) is 12.1 Å². The SMILES string of the molecule is CC(C)[C@H]1CCN(C(=O)[C@@H](NC(=O)N[C@H](CN2Cc3ccccc3S2(=O)=O)C2CCCCC2)C(C)(C)C)[C@@H]1C(=O)NC(CC1CCC1)C(=O)C(N)=O. The number of amides is 5. The molecule has 2 heterocycles. The third kappa shape index (κ3) is 8.81. The van der Waals surface area contributed by atoms with E-state index in [4.69, 9.17) is 5.73 Å². The molecule has 288 valence electrons. The second-order valence-electron chi connectivity index (χ2n) is 16.8. The lowest BCUT2D eigenvalue weighted by molar-refractivity contribution is -0.144. The highest BCUT2D eigenvalue weighted by Gasteiger charge is 2.48. The van der Waals surface area contributed by atoms with Crippen LogP contribution in [-0.4, -0.2) is 84.4 Å². The van der Waals surface area contributed by atoms with Crippen LogP contribution in [0.15, 0.2) is 29.2 Å². The molecule has 5 amide bonds. The molecule has 5 atom stereocenters. The number of primary amides is 1. The maximum Gasteiger partial charge on any atom is 0.315 e. The number of carbonyl (C=O) groups excluding carboxylic acids is 5. The average Bonchev–Trinajstić information content (AvgIpc) is 3.63. The minimum Gasteiger partial charge on any atom is -0.363 e. The molecule has 14 heteroatoms. The molecule has 2 aliphatic heterocycles. The van der Waals surface area contributed by atoms with Crippen LogP contribution in [0.2, 0.25) is 0 Å². The average molecular weight is 743 g/mol. The first-order valence-corrected chi connectivity index (χ1v) is 20.5. The highest BCUT2D eigenvalue weighted by molar-refractivity contribution is 7.89. The number of likely N-dealkylation sites (tertiary alicyclic amines) is 1. The molecule has 0 spiro atoms. The van der Waals surface area contributed by atoms with Gasteiger partial charge >= 0.3 is 6.03 Å². The number of sulfonamides is 1. The first-order valence-electron chi connectivity index (χ1n) is 19.1. The third-order valence-electron chi connectivity index (χ3n) is 11.8. The van der Waals surface area contributed by atoms with Crippen molar-refractivity contribution in [1.29, 1.82) is 0 Å². The van der Waals surface area contributed by atoms with E-state index in [1.165, 1.54) is 9.21 Å². The molecule has 1 unspecified atom stereocenters. The molecule has 0 radical (unpaired) electrons. The summed E-state index contributed by atoms with van der Waals surface area (Å²) in [5, 5.41) is 8.81. The van der Waals surface area contributed by atoms with Crippen molar-refractivity contribution in [2.45, 2.75) is 134 Å². The van der Waals surface area contributed by atoms with Crippen molar-refractivity contribution < 1.29 is 32.4 Å². The summed E-state index contributed by atoms with van der Waals surface area (Å²) in [5.74, 6) is -2.79. The standard InChI is InChI=1S/C38H58N6O7S/c1-23(2)27-18-19-44(31(27)35(47)40-28(32(45)34(39)46)20-24-12-11-13-24)36(48)33(38(3,4)5)42-37(49)41-29(25-14-7-6-8-15-25)22-43-21-26-16-9-10-17-30(26)52(43,50)51/h9-10,16-17,23-25,27-29,31,33H,6-8,11-15,18-22H2,1-5H3,(H2,39,46)(H,40,47)(H2,41,42,49)/t27-,28?,29-,31+,33-/m1/s1. The Kier molecular flexibility index (Phi) is 12.4. The Bertz CT molecular complexity index is 1620. The van der Waals surface area contributed by atoms with Crippen LogP contribution < -0.4 is 21.7 Å². The Balaban J connectivity index is 1.34. The van der Waals surface area contributed by atoms with E-state index in [-0.39, 0.29) is 48.2 Å². The van der Waals surface area contributed by atoms with E-state index in [0.717, 1.165) is 56.9 Å². The highest BCUT2D eigenvalue weighted by atomic mass is 32.2. The molecule has 13 nitrogen and oxygen atoms in total. The van der Waals surface area contributed by atoms with E-state index in [1.807, 2.05) is 46.8 Å². The Morgan fingerprint density at radius 2 is 1.58 bits per heavy atom. The molecule has 52 heavy (non-hydrogen) atoms. The molecule has 2 aliphatic carbocycles. The van der Waals surface area contributed by atoms with Crippen LogP contribution in [0.3, 0.4) is 0 Å². The Morgan fingerprint density at radius 3 is 2.15 bits per heavy atom. The molecular formula is C38H58N6O7S. The maximum absolute atomic E-state index is 14.5. The van der Waals surface area contributed by atoms with Crippen LogP contribution in [-0.2, 0) is 35.7 Å². The number of hydrogen-bond donors (Lipinski definition) is 4. The summed E-state index contributed by atoms with van der Waals surface area (Å²) in [6, 6.07) is 2.88. The van der Waals surface area contributed by atoms with Gasteiger partial charge in [0.1, 0.15) is 12.1 Å². The fourth-order valence-electron chi connectivity index (χ4n) is 8.51. The number of ketones is 1. The zero-order chi connectivity index (χ0) is 38.0. The fraction of sp³-hybridized carbons (Fsp3) is 0.711. The molecule has 0 bridgehead atoms. The predicted molar refractivity (Wildman–Crippen MR) is 196 cm³/mol. The summed E-state index contributed by atoms with van der Waals surface area (Å²) in [6.45, 7) is 10.1. The molecule has 1 aromatic carbocycles. The topological polar surface area (TPSA) is 188 Å². The van der Waals surface area contributed by atoms with Gasteiger partial charge in [0.25, 0.3) is 5.91 Å². The molecule has 1 saturated heterocycles. The van der Waals surface area contributed by atoms with E-state index in [0.29, 0.717) is 12.8 Å². The van der Waals surface area contributed by atoms with Gasteiger partial charge in [-0.05, 0) is 66.4 Å². The Labute approximate surface area is 308 Å². The van der Waals surface area contributed by atoms with Crippen LogP contribution in [0.25, 0.3) is 0 Å². The van der Waals surface area contributed by atoms with Gasteiger partial charge in [0.15, 0.2) is 0 Å². The van der Waals surface area contributed by atoms with Crippen molar-refractivity contribution >= 4 is 39.6 Å². The van der Waals surface area contributed by atoms with Gasteiger partial charge in [0, 0.05) is 25.7 Å². The number of carbonyl (C=O) groups is 5. The molecule has 2 saturated carbocycles. The van der Waals surface area contributed by atoms with Crippen molar-refractivity contribution in [2.24, 2.45) is 34.8 Å². The second kappa shape index (κ2) is 16.2. The summed E-state index contributed by atoms with van der Waals surface area (Å²) in [4.78, 5) is 69.0. The number of fused-ring (bicyclic) bond motifs is 1. The summed E-state index contributed by atoms with van der Waals surface area (Å²) in [5.41, 5.74) is 5.33. The zero-order valence-electron chi connectivity index (χ0n) is 31.4. The predicted octanol–water partition coefficient (Wildman–Crippen LogP) is 3.46. The van der Waals surface area contributed by atoms with Gasteiger partial charge < -0.3 is 26.6 Å². The van der Waals surface area contributed by atoms with Crippen LogP contribution >= 0.6 is 0 Å². The van der Waals surface area contributed by atoms with Crippen LogP contribution in [0, 0.1) is 29.1 Å². The maximum atomic E-state index is 14.5. The van der Waals surface area contributed by atoms with E-state index in [2.05, 4.69) is 16.0 Å². The van der Waals surface area contributed by atoms with Crippen LogP contribution in [0.4, 0.5) is 4.79 Å². The van der Waals surface area contributed by atoms with Gasteiger partial charge in [0.2, 0.25) is 27.6 Å². The number of urea groups is 1. The van der Waals surface area contributed by atoms with Crippen LogP contribution in [0.5, 0.6) is 0 Å². The minimum atomic E-state index is -3.72. The van der Waals surface area contributed by atoms with Crippen LogP contribution in [0.1, 0.15) is 104 Å². The van der Waals surface area contributed by atoms with E-state index >= 15 is 0 Å². The first-order chi connectivity index (χ1) is 24.5. The number of nitrogens with two attached hydrogens (primary N) is 1. The van der Waals surface area contributed by atoms with Gasteiger partial charge in [-0.15, -0.1) is 0 Å². The van der Waals surface area contributed by atoms with E-state index in [9.17, 15) is 32.4 Å². The number of Topliss-reactive ketones (excluding diaryl/α,β-unsaturated/α-hetero) is 1. The molecule has 5 rings (SSSR count). The number of rotatable bonds is 13. The fourth-order valence-corrected chi connectivity index (χ4v) is 10.2. The monoisotopic (exact) mass is 742 g/mol. The molecule has 5 N–H and O–H groups in total. The summed E-state index contributed by atoms with van der Waals surface area (Å²) < 4.78 is 28.4. The lowest BCUT2D eigenvalue weighted by Gasteiger charge is -2.38. The Hall–Kier alpha value is -3.52. The normalized spacial score (nSPS) is 24.0. The van der Waals surface area contributed by atoms with Crippen molar-refractivity contribution in [1.82, 2.24) is 25.2 Å². The van der Waals surface area contributed by atoms with Gasteiger partial charge in [-0.1, -0.05) is 91.3 Å². The van der Waals surface area contributed by atoms with Crippen molar-refractivity contribution in [3.05, 3.63) is 29.8 Å². The molecule has 1 aromatic rings. The van der Waals surface area contributed by atoms with Gasteiger partial charge in [-0.2, -0.15) is 4.31 Å². The summed E-state index contributed by atoms with van der Waals surface area (Å²) in [7, 11) is -3.72. The lowest BCUT2D eigenvalue weighted by atomic mass is 9.80.